The normalized spacial score (nSPS) is 52.7. The van der Waals surface area contributed by atoms with Gasteiger partial charge in [-0.25, -0.2) is 0 Å². The Bertz CT molecular complexity index is 508. The molecule has 0 amide bonds. The van der Waals surface area contributed by atoms with Gasteiger partial charge < -0.3 is 5.11 Å². The molecule has 21 heavy (non-hydrogen) atoms. The summed E-state index contributed by atoms with van der Waals surface area (Å²) in [6.45, 7) is 4.76. The van der Waals surface area contributed by atoms with Crippen LogP contribution in [-0.4, -0.2) is 17.0 Å². The van der Waals surface area contributed by atoms with Crippen molar-refractivity contribution in [2.45, 2.75) is 71.3 Å². The Morgan fingerprint density at radius 1 is 1.19 bits per heavy atom. The van der Waals surface area contributed by atoms with Crippen molar-refractivity contribution in [3.63, 3.8) is 0 Å². The van der Waals surface area contributed by atoms with Gasteiger partial charge in [0.05, 0.1) is 6.10 Å². The molecule has 0 radical (unpaired) electrons. The SMILES string of the molecule is C[C@]12C[C@H]3CCC4=CC(=O)CC[C@@]4(C)[C@@H]3C[C@@H]1CC[C@@H]2O. The van der Waals surface area contributed by atoms with Crippen LogP contribution in [0.2, 0.25) is 0 Å². The molecule has 116 valence electrons. The van der Waals surface area contributed by atoms with Crippen LogP contribution in [0, 0.1) is 28.6 Å². The summed E-state index contributed by atoms with van der Waals surface area (Å²) in [5.74, 6) is 2.55. The van der Waals surface area contributed by atoms with E-state index in [1.165, 1.54) is 31.3 Å². The van der Waals surface area contributed by atoms with Crippen LogP contribution in [-0.2, 0) is 4.79 Å². The predicted molar refractivity (Wildman–Crippen MR) is 82.7 cm³/mol. The van der Waals surface area contributed by atoms with Gasteiger partial charge in [-0.3, -0.25) is 4.79 Å². The second kappa shape index (κ2) is 4.44. The average molecular weight is 288 g/mol. The molecule has 0 aromatic heterocycles. The molecule has 0 spiro atoms. The quantitative estimate of drug-likeness (QED) is 0.734. The second-order valence-electron chi connectivity index (χ2n) is 8.69. The van der Waals surface area contributed by atoms with Crippen LogP contribution < -0.4 is 0 Å². The highest BCUT2D eigenvalue weighted by Gasteiger charge is 2.57. The van der Waals surface area contributed by atoms with Crippen molar-refractivity contribution in [1.29, 1.82) is 0 Å². The third kappa shape index (κ3) is 1.84. The number of ketones is 1. The number of carbonyl (C=O) groups excluding carboxylic acids is 1. The summed E-state index contributed by atoms with van der Waals surface area (Å²) < 4.78 is 0. The minimum Gasteiger partial charge on any atom is -0.393 e. The molecule has 2 heteroatoms. The van der Waals surface area contributed by atoms with Crippen molar-refractivity contribution in [2.75, 3.05) is 0 Å². The first-order valence-corrected chi connectivity index (χ1v) is 8.85. The monoisotopic (exact) mass is 288 g/mol. The maximum absolute atomic E-state index is 11.8. The fraction of sp³-hybridized carbons (Fsp3) is 0.842. The number of allylic oxidation sites excluding steroid dienone is 2. The van der Waals surface area contributed by atoms with E-state index in [0.717, 1.165) is 37.5 Å². The van der Waals surface area contributed by atoms with E-state index in [1.807, 2.05) is 6.08 Å². The zero-order valence-corrected chi connectivity index (χ0v) is 13.4. The first-order chi connectivity index (χ1) is 9.93. The van der Waals surface area contributed by atoms with E-state index in [0.29, 0.717) is 11.7 Å². The van der Waals surface area contributed by atoms with E-state index in [4.69, 9.17) is 0 Å². The maximum Gasteiger partial charge on any atom is 0.155 e. The second-order valence-corrected chi connectivity index (χ2v) is 8.69. The Labute approximate surface area is 128 Å². The Morgan fingerprint density at radius 2 is 2.00 bits per heavy atom. The third-order valence-electron chi connectivity index (χ3n) is 7.85. The number of aliphatic hydroxyl groups excluding tert-OH is 1. The van der Waals surface area contributed by atoms with Crippen LogP contribution in [0.15, 0.2) is 11.6 Å². The largest absolute Gasteiger partial charge is 0.393 e. The van der Waals surface area contributed by atoms with E-state index in [2.05, 4.69) is 13.8 Å². The highest BCUT2D eigenvalue weighted by Crippen LogP contribution is 2.64. The zero-order valence-electron chi connectivity index (χ0n) is 13.4. The van der Waals surface area contributed by atoms with E-state index < -0.39 is 0 Å². The summed E-state index contributed by atoms with van der Waals surface area (Å²) in [5.41, 5.74) is 1.89. The highest BCUT2D eigenvalue weighted by atomic mass is 16.3. The van der Waals surface area contributed by atoms with Crippen LogP contribution in [0.5, 0.6) is 0 Å². The molecule has 3 saturated carbocycles. The molecule has 4 aliphatic carbocycles. The molecule has 0 saturated heterocycles. The zero-order chi connectivity index (χ0) is 14.8. The predicted octanol–water partition coefficient (Wildman–Crippen LogP) is 3.88. The van der Waals surface area contributed by atoms with Gasteiger partial charge in [0.25, 0.3) is 0 Å². The van der Waals surface area contributed by atoms with Crippen molar-refractivity contribution in [3.8, 4) is 0 Å². The highest BCUT2D eigenvalue weighted by molar-refractivity contribution is 5.91. The summed E-state index contributed by atoms with van der Waals surface area (Å²) in [6, 6.07) is 0. The first kappa shape index (κ1) is 14.0. The molecular weight excluding hydrogens is 260 g/mol. The van der Waals surface area contributed by atoms with Gasteiger partial charge in [0.1, 0.15) is 0 Å². The molecule has 0 aromatic rings. The van der Waals surface area contributed by atoms with Gasteiger partial charge >= 0.3 is 0 Å². The molecule has 0 heterocycles. The lowest BCUT2D eigenvalue weighted by atomic mass is 9.48. The summed E-state index contributed by atoms with van der Waals surface area (Å²) in [7, 11) is 0. The van der Waals surface area contributed by atoms with Crippen LogP contribution in [0.1, 0.15) is 65.2 Å². The molecule has 4 aliphatic rings. The summed E-state index contributed by atoms with van der Waals surface area (Å²) >= 11 is 0. The smallest absolute Gasteiger partial charge is 0.155 e. The van der Waals surface area contributed by atoms with E-state index >= 15 is 0 Å². The number of fused-ring (bicyclic) bond motifs is 4. The average Bonchev–Trinajstić information content (AvgIpc) is 2.74. The molecular formula is C19H28O2. The van der Waals surface area contributed by atoms with Crippen molar-refractivity contribution in [2.24, 2.45) is 28.6 Å². The summed E-state index contributed by atoms with van der Waals surface area (Å²) in [6.07, 6.45) is 10.7. The minimum absolute atomic E-state index is 0.0823. The fourth-order valence-electron chi connectivity index (χ4n) is 6.37. The number of aliphatic hydroxyl groups is 1. The molecule has 2 nitrogen and oxygen atoms in total. The van der Waals surface area contributed by atoms with E-state index in [9.17, 15) is 9.90 Å². The van der Waals surface area contributed by atoms with Gasteiger partial charge in [-0.05, 0) is 79.6 Å². The van der Waals surface area contributed by atoms with Crippen LogP contribution in [0.3, 0.4) is 0 Å². The maximum atomic E-state index is 11.8. The van der Waals surface area contributed by atoms with Gasteiger partial charge in [0, 0.05) is 6.42 Å². The van der Waals surface area contributed by atoms with E-state index in [1.54, 1.807) is 0 Å². The number of hydrogen-bond donors (Lipinski definition) is 1. The molecule has 0 bridgehead atoms. The first-order valence-electron chi connectivity index (χ1n) is 8.85. The number of rotatable bonds is 0. The third-order valence-corrected chi connectivity index (χ3v) is 7.85. The van der Waals surface area contributed by atoms with Gasteiger partial charge in [-0.1, -0.05) is 19.4 Å². The lowest BCUT2D eigenvalue weighted by Crippen LogP contribution is -2.50. The topological polar surface area (TPSA) is 37.3 Å². The van der Waals surface area contributed by atoms with Crippen molar-refractivity contribution in [1.82, 2.24) is 0 Å². The van der Waals surface area contributed by atoms with Crippen LogP contribution >= 0.6 is 0 Å². The van der Waals surface area contributed by atoms with Crippen LogP contribution in [0.4, 0.5) is 0 Å². The Hall–Kier alpha value is -0.630. The van der Waals surface area contributed by atoms with E-state index in [-0.39, 0.29) is 16.9 Å². The van der Waals surface area contributed by atoms with Gasteiger partial charge in [0.2, 0.25) is 0 Å². The Kier molecular flexibility index (Phi) is 2.96. The van der Waals surface area contributed by atoms with Crippen molar-refractivity contribution in [3.05, 3.63) is 11.6 Å². The lowest BCUT2D eigenvalue weighted by Gasteiger charge is -2.57. The van der Waals surface area contributed by atoms with Crippen molar-refractivity contribution < 1.29 is 9.90 Å². The summed E-state index contributed by atoms with van der Waals surface area (Å²) in [4.78, 5) is 11.8. The van der Waals surface area contributed by atoms with Gasteiger partial charge in [-0.15, -0.1) is 0 Å². The summed E-state index contributed by atoms with van der Waals surface area (Å²) in [5, 5.41) is 10.4. The molecule has 3 fully saturated rings. The van der Waals surface area contributed by atoms with Gasteiger partial charge in [-0.2, -0.15) is 0 Å². The Morgan fingerprint density at radius 3 is 2.81 bits per heavy atom. The number of hydrogen-bond acceptors (Lipinski definition) is 2. The van der Waals surface area contributed by atoms with Crippen LogP contribution in [0.25, 0.3) is 0 Å². The van der Waals surface area contributed by atoms with Gasteiger partial charge in [0.15, 0.2) is 5.78 Å². The fourth-order valence-corrected chi connectivity index (χ4v) is 6.37. The molecule has 6 atom stereocenters. The molecule has 0 aliphatic heterocycles. The molecule has 0 aromatic carbocycles. The molecule has 0 unspecified atom stereocenters. The number of carbonyl (C=O) groups is 1. The van der Waals surface area contributed by atoms with Crippen molar-refractivity contribution >= 4 is 5.78 Å². The Balaban J connectivity index is 1.67. The molecule has 1 N–H and O–H groups in total. The lowest BCUT2D eigenvalue weighted by molar-refractivity contribution is -0.117. The minimum atomic E-state index is -0.0823. The molecule has 4 rings (SSSR count). The standard InChI is InChI=1S/C19H28O2/c1-18-8-7-15(20)9-13(18)4-3-12-11-19(2)14(10-16(12)18)5-6-17(19)21/h9,12,14,16-17,21H,3-8,10-11H2,1-2H3/t12-,14+,16-,17+,18-,19+/m1/s1.